The highest BCUT2D eigenvalue weighted by Crippen LogP contribution is 2.36. The van der Waals surface area contributed by atoms with E-state index in [1.54, 1.807) is 6.07 Å². The Kier molecular flexibility index (Phi) is 6.12. The molecule has 2 aromatic rings. The van der Waals surface area contributed by atoms with Crippen molar-refractivity contribution < 1.29 is 23.5 Å². The highest BCUT2D eigenvalue weighted by atomic mass is 16.7. The van der Waals surface area contributed by atoms with Crippen LogP contribution in [-0.2, 0) is 16.1 Å². The van der Waals surface area contributed by atoms with Crippen molar-refractivity contribution in [3.8, 4) is 22.8 Å². The van der Waals surface area contributed by atoms with Gasteiger partial charge in [-0.15, -0.1) is 0 Å². The molecule has 0 spiro atoms. The molecule has 1 aromatic carbocycles. The lowest BCUT2D eigenvalue weighted by molar-refractivity contribution is -0.136. The average molecular weight is 360 g/mol. The number of ether oxygens (including phenoxy) is 3. The summed E-state index contributed by atoms with van der Waals surface area (Å²) in [5.41, 5.74) is 1.49. The Morgan fingerprint density at radius 1 is 1.15 bits per heavy atom. The van der Waals surface area contributed by atoms with Crippen molar-refractivity contribution in [1.82, 2.24) is 10.1 Å². The number of aromatic nitrogens is 1. The summed E-state index contributed by atoms with van der Waals surface area (Å²) in [5.74, 6) is 2.04. The number of nitrogens with zero attached hydrogens (tertiary/aromatic N) is 2. The SMILES string of the molecule is CCCN(CCC)C(=O)COCc1cc(-c2ccc3c(c2)OCO3)on1. The molecule has 7 nitrogen and oxygen atoms in total. The number of hydrogen-bond donors (Lipinski definition) is 0. The minimum atomic E-state index is 0.00758. The van der Waals surface area contributed by atoms with Crippen LogP contribution in [0.15, 0.2) is 28.8 Å². The van der Waals surface area contributed by atoms with Crippen LogP contribution in [0.2, 0.25) is 0 Å². The standard InChI is InChI=1S/C19H24N2O5/c1-3-7-21(8-4-2)19(22)12-23-11-15-10-17(26-20-15)14-5-6-16-18(9-14)25-13-24-16/h5-6,9-10H,3-4,7-8,11-13H2,1-2H3. The number of fused-ring (bicyclic) bond motifs is 1. The Morgan fingerprint density at radius 2 is 1.92 bits per heavy atom. The van der Waals surface area contributed by atoms with Crippen LogP contribution in [0.3, 0.4) is 0 Å². The minimum Gasteiger partial charge on any atom is -0.454 e. The zero-order valence-electron chi connectivity index (χ0n) is 15.2. The molecule has 3 rings (SSSR count). The summed E-state index contributed by atoms with van der Waals surface area (Å²) >= 11 is 0. The average Bonchev–Trinajstić information content (AvgIpc) is 3.30. The highest BCUT2D eigenvalue weighted by molar-refractivity contribution is 5.77. The molecule has 0 fully saturated rings. The zero-order valence-corrected chi connectivity index (χ0v) is 15.2. The molecule has 1 aliphatic heterocycles. The third-order valence-corrected chi connectivity index (χ3v) is 4.03. The van der Waals surface area contributed by atoms with Crippen molar-refractivity contribution in [3.05, 3.63) is 30.0 Å². The van der Waals surface area contributed by atoms with E-state index in [0.717, 1.165) is 37.2 Å². The Balaban J connectivity index is 1.53. The molecule has 0 bridgehead atoms. The molecular formula is C19H24N2O5. The molecule has 140 valence electrons. The lowest BCUT2D eigenvalue weighted by Gasteiger charge is -2.21. The predicted molar refractivity (Wildman–Crippen MR) is 94.9 cm³/mol. The molecule has 1 amide bonds. The largest absolute Gasteiger partial charge is 0.454 e. The Hall–Kier alpha value is -2.54. The first-order valence-corrected chi connectivity index (χ1v) is 8.92. The maximum atomic E-state index is 12.2. The van der Waals surface area contributed by atoms with Crippen molar-refractivity contribution in [3.63, 3.8) is 0 Å². The van der Waals surface area contributed by atoms with Crippen molar-refractivity contribution in [2.45, 2.75) is 33.3 Å². The summed E-state index contributed by atoms with van der Waals surface area (Å²) in [6.07, 6.45) is 1.88. The molecule has 0 atom stereocenters. The van der Waals surface area contributed by atoms with E-state index < -0.39 is 0 Å². The van der Waals surface area contributed by atoms with Gasteiger partial charge in [-0.05, 0) is 31.0 Å². The lowest BCUT2D eigenvalue weighted by Crippen LogP contribution is -2.35. The van der Waals surface area contributed by atoms with Gasteiger partial charge in [0.25, 0.3) is 0 Å². The van der Waals surface area contributed by atoms with Crippen molar-refractivity contribution in [1.29, 1.82) is 0 Å². The summed E-state index contributed by atoms with van der Waals surface area (Å²) in [6, 6.07) is 7.38. The van der Waals surface area contributed by atoms with Gasteiger partial charge >= 0.3 is 0 Å². The molecule has 0 saturated carbocycles. The Bertz CT molecular complexity index is 737. The number of amides is 1. The predicted octanol–water partition coefficient (Wildman–Crippen LogP) is 3.24. The van der Waals surface area contributed by atoms with E-state index in [-0.39, 0.29) is 25.9 Å². The van der Waals surface area contributed by atoms with E-state index in [4.69, 9.17) is 18.7 Å². The van der Waals surface area contributed by atoms with Crippen molar-refractivity contribution >= 4 is 5.91 Å². The van der Waals surface area contributed by atoms with Gasteiger partial charge in [-0.2, -0.15) is 0 Å². The summed E-state index contributed by atoms with van der Waals surface area (Å²) in [5, 5.41) is 4.00. The lowest BCUT2D eigenvalue weighted by atomic mass is 10.1. The van der Waals surface area contributed by atoms with Gasteiger partial charge in [0.05, 0.1) is 6.61 Å². The quantitative estimate of drug-likeness (QED) is 0.683. The Labute approximate surface area is 152 Å². The summed E-state index contributed by atoms with van der Waals surface area (Å²) < 4.78 is 21.6. The number of benzene rings is 1. The zero-order chi connectivity index (χ0) is 18.4. The van der Waals surface area contributed by atoms with Crippen molar-refractivity contribution in [2.24, 2.45) is 0 Å². The molecule has 1 aromatic heterocycles. The molecule has 2 heterocycles. The first kappa shape index (κ1) is 18.3. The second-order valence-corrected chi connectivity index (χ2v) is 6.12. The van der Waals surface area contributed by atoms with Crippen molar-refractivity contribution in [2.75, 3.05) is 26.5 Å². The normalized spacial score (nSPS) is 12.4. The van der Waals surface area contributed by atoms with E-state index in [1.807, 2.05) is 23.1 Å². The number of rotatable bonds is 9. The molecule has 1 aliphatic rings. The van der Waals surface area contributed by atoms with Gasteiger partial charge in [0.2, 0.25) is 12.7 Å². The third kappa shape index (κ3) is 4.35. The van der Waals surface area contributed by atoms with Crippen LogP contribution in [-0.4, -0.2) is 42.5 Å². The van der Waals surface area contributed by atoms with Gasteiger partial charge in [-0.3, -0.25) is 4.79 Å². The Morgan fingerprint density at radius 3 is 2.69 bits per heavy atom. The number of carbonyl (C=O) groups excluding carboxylic acids is 1. The van der Waals surface area contributed by atoms with Crippen LogP contribution in [0, 0.1) is 0 Å². The molecular weight excluding hydrogens is 336 g/mol. The second-order valence-electron chi connectivity index (χ2n) is 6.12. The highest BCUT2D eigenvalue weighted by Gasteiger charge is 2.16. The second kappa shape index (κ2) is 8.71. The fourth-order valence-corrected chi connectivity index (χ4v) is 2.80. The topological polar surface area (TPSA) is 74.0 Å². The van der Waals surface area contributed by atoms with E-state index in [0.29, 0.717) is 17.2 Å². The molecule has 26 heavy (non-hydrogen) atoms. The van der Waals surface area contributed by atoms with Gasteiger partial charge < -0.3 is 23.6 Å². The van der Waals surface area contributed by atoms with E-state index in [2.05, 4.69) is 19.0 Å². The molecule has 0 saturated heterocycles. The van der Waals surface area contributed by atoms with Crippen LogP contribution in [0.5, 0.6) is 11.5 Å². The van der Waals surface area contributed by atoms with E-state index in [1.165, 1.54) is 0 Å². The van der Waals surface area contributed by atoms with Crippen LogP contribution in [0.1, 0.15) is 32.4 Å². The summed E-state index contributed by atoms with van der Waals surface area (Å²) in [7, 11) is 0. The van der Waals surface area contributed by atoms with Gasteiger partial charge in [0.15, 0.2) is 17.3 Å². The monoisotopic (exact) mass is 360 g/mol. The van der Waals surface area contributed by atoms with Crippen LogP contribution >= 0.6 is 0 Å². The summed E-state index contributed by atoms with van der Waals surface area (Å²) in [6.45, 7) is 6.14. The first-order chi connectivity index (χ1) is 12.7. The molecule has 0 aliphatic carbocycles. The van der Waals surface area contributed by atoms with Gasteiger partial charge in [-0.25, -0.2) is 0 Å². The van der Waals surface area contributed by atoms with Gasteiger partial charge in [0.1, 0.15) is 12.3 Å². The van der Waals surface area contributed by atoms with Crippen LogP contribution in [0.25, 0.3) is 11.3 Å². The maximum absolute atomic E-state index is 12.2. The molecule has 0 unspecified atom stereocenters. The third-order valence-electron chi connectivity index (χ3n) is 4.03. The number of carbonyl (C=O) groups is 1. The first-order valence-electron chi connectivity index (χ1n) is 8.92. The van der Waals surface area contributed by atoms with Crippen LogP contribution < -0.4 is 9.47 Å². The van der Waals surface area contributed by atoms with Gasteiger partial charge in [0, 0.05) is 24.7 Å². The molecule has 7 heteroatoms. The van der Waals surface area contributed by atoms with E-state index in [9.17, 15) is 4.79 Å². The van der Waals surface area contributed by atoms with Gasteiger partial charge in [-0.1, -0.05) is 19.0 Å². The van der Waals surface area contributed by atoms with Crippen LogP contribution in [0.4, 0.5) is 0 Å². The maximum Gasteiger partial charge on any atom is 0.248 e. The number of hydrogen-bond acceptors (Lipinski definition) is 6. The molecule has 0 radical (unpaired) electrons. The summed E-state index contributed by atoms with van der Waals surface area (Å²) in [4.78, 5) is 14.0. The molecule has 0 N–H and O–H groups in total. The fraction of sp³-hybridized carbons (Fsp3) is 0.474. The van der Waals surface area contributed by atoms with E-state index >= 15 is 0 Å². The smallest absolute Gasteiger partial charge is 0.248 e. The fourth-order valence-electron chi connectivity index (χ4n) is 2.80. The minimum absolute atomic E-state index is 0.00758.